The van der Waals surface area contributed by atoms with E-state index in [1.807, 2.05) is 12.1 Å². The topological polar surface area (TPSA) is 97.5 Å². The Hall–Kier alpha value is -2.75. The van der Waals surface area contributed by atoms with Crippen LogP contribution in [-0.2, 0) is 17.6 Å². The smallest absolute Gasteiger partial charge is 0.305 e. The summed E-state index contributed by atoms with van der Waals surface area (Å²) in [6, 6.07) is 10.7. The third-order valence-electron chi connectivity index (χ3n) is 7.54. The number of carbonyl (C=O) groups is 1. The molecule has 1 aromatic heterocycles. The molecule has 0 radical (unpaired) electrons. The van der Waals surface area contributed by atoms with Crippen LogP contribution in [0.1, 0.15) is 63.0 Å². The molecule has 1 amide bonds. The van der Waals surface area contributed by atoms with Gasteiger partial charge in [-0.1, -0.05) is 55.2 Å². The Kier molecular flexibility index (Phi) is 10.9. The zero-order valence-electron chi connectivity index (χ0n) is 22.8. The van der Waals surface area contributed by atoms with Crippen molar-refractivity contribution in [1.29, 1.82) is 0 Å². The number of carbonyl (C=O) groups excluding carboxylic acids is 1. The fourth-order valence-electron chi connectivity index (χ4n) is 5.43. The number of phenols is 1. The number of nitrogens with one attached hydrogen (secondary N) is 3. The number of rotatable bonds is 13. The Balaban J connectivity index is 1.30. The summed E-state index contributed by atoms with van der Waals surface area (Å²) in [6.07, 6.45) is 8.92. The van der Waals surface area contributed by atoms with E-state index >= 15 is 0 Å². The minimum absolute atomic E-state index is 0.0884. The van der Waals surface area contributed by atoms with Crippen LogP contribution in [0.5, 0.6) is 5.75 Å². The van der Waals surface area contributed by atoms with E-state index in [1.54, 1.807) is 18.2 Å². The molecule has 1 atom stereocenters. The summed E-state index contributed by atoms with van der Waals surface area (Å²) in [5.74, 6) is -0.0294. The molecule has 2 aromatic carbocycles. The van der Waals surface area contributed by atoms with Gasteiger partial charge in [0.1, 0.15) is 17.1 Å². The number of H-pyrrole nitrogens is 1. The predicted molar refractivity (Wildman–Crippen MR) is 156 cm³/mol. The van der Waals surface area contributed by atoms with Crippen molar-refractivity contribution in [2.45, 2.75) is 76.8 Å². The second-order valence-electron chi connectivity index (χ2n) is 10.8. The van der Waals surface area contributed by atoms with Crippen molar-refractivity contribution in [2.24, 2.45) is 0 Å². The van der Waals surface area contributed by atoms with Crippen molar-refractivity contribution in [3.8, 4) is 5.75 Å². The summed E-state index contributed by atoms with van der Waals surface area (Å²) in [7, 11) is 0. The van der Waals surface area contributed by atoms with Crippen LogP contribution in [0.2, 0.25) is 0 Å². The summed E-state index contributed by atoms with van der Waals surface area (Å²) in [5, 5.41) is 16.8. The number of nitrogens with zero attached hydrogens (tertiary/aromatic N) is 1. The van der Waals surface area contributed by atoms with Gasteiger partial charge in [-0.3, -0.25) is 9.59 Å². The monoisotopic (exact) mass is 556 g/mol. The van der Waals surface area contributed by atoms with E-state index < -0.39 is 0 Å². The number of hydrogen-bond donors (Lipinski definition) is 4. The van der Waals surface area contributed by atoms with Crippen molar-refractivity contribution in [1.82, 2.24) is 20.5 Å². The zero-order chi connectivity index (χ0) is 27.6. The van der Waals surface area contributed by atoms with Crippen molar-refractivity contribution in [2.75, 3.05) is 26.2 Å². The van der Waals surface area contributed by atoms with Crippen molar-refractivity contribution in [3.05, 3.63) is 63.0 Å². The quantitative estimate of drug-likeness (QED) is 0.228. The maximum atomic E-state index is 13.7. The Morgan fingerprint density at radius 1 is 1.15 bits per heavy atom. The van der Waals surface area contributed by atoms with Crippen LogP contribution in [0.3, 0.4) is 0 Å². The number of benzene rings is 2. The highest BCUT2D eigenvalue weighted by molar-refractivity contribution is 7.16. The maximum Gasteiger partial charge on any atom is 0.305 e. The Labute approximate surface area is 233 Å². The molecule has 0 spiro atoms. The first-order chi connectivity index (χ1) is 18.9. The molecular weight excluding hydrogens is 515 g/mol. The second-order valence-corrected chi connectivity index (χ2v) is 11.7. The molecule has 0 aliphatic heterocycles. The number of fused-ring (bicyclic) bond motifs is 1. The summed E-state index contributed by atoms with van der Waals surface area (Å²) >= 11 is 1.12. The predicted octanol–water partition coefficient (Wildman–Crippen LogP) is 4.73. The minimum atomic E-state index is -0.229. The van der Waals surface area contributed by atoms with Crippen LogP contribution in [0, 0.1) is 5.82 Å². The van der Waals surface area contributed by atoms with Crippen LogP contribution in [0.15, 0.2) is 41.2 Å². The Morgan fingerprint density at radius 3 is 2.72 bits per heavy atom. The van der Waals surface area contributed by atoms with Gasteiger partial charge in [-0.25, -0.2) is 4.39 Å². The van der Waals surface area contributed by atoms with E-state index in [4.69, 9.17) is 0 Å². The van der Waals surface area contributed by atoms with Gasteiger partial charge in [-0.2, -0.15) is 0 Å². The average Bonchev–Trinajstić information content (AvgIpc) is 3.13. The number of amides is 1. The van der Waals surface area contributed by atoms with Gasteiger partial charge in [0.25, 0.3) is 0 Å². The summed E-state index contributed by atoms with van der Waals surface area (Å²) in [5.41, 5.74) is 2.47. The van der Waals surface area contributed by atoms with Crippen LogP contribution in [-0.4, -0.2) is 59.2 Å². The number of hydrogen-bond acceptors (Lipinski definition) is 6. The first kappa shape index (κ1) is 29.2. The number of aromatic hydroxyl groups is 1. The highest BCUT2D eigenvalue weighted by atomic mass is 32.1. The van der Waals surface area contributed by atoms with Gasteiger partial charge in [0, 0.05) is 38.1 Å². The molecule has 0 saturated heterocycles. The first-order valence-electron chi connectivity index (χ1n) is 14.2. The van der Waals surface area contributed by atoms with Gasteiger partial charge in [0.05, 0.1) is 4.70 Å². The van der Waals surface area contributed by atoms with Crippen molar-refractivity contribution in [3.63, 3.8) is 0 Å². The molecule has 0 bridgehead atoms. The summed E-state index contributed by atoms with van der Waals surface area (Å²) in [6.45, 7) is 4.99. The number of phenolic OH excluding ortho intramolecular Hbond substituents is 1. The van der Waals surface area contributed by atoms with Crippen LogP contribution in [0.4, 0.5) is 4.39 Å². The third-order valence-corrected chi connectivity index (χ3v) is 8.50. The van der Waals surface area contributed by atoms with Crippen molar-refractivity contribution < 1.29 is 14.3 Å². The highest BCUT2D eigenvalue weighted by Gasteiger charge is 2.17. The molecule has 4 rings (SSSR count). The molecular formula is C30H41FN4O3S. The van der Waals surface area contributed by atoms with E-state index in [9.17, 15) is 19.1 Å². The second kappa shape index (κ2) is 14.6. The van der Waals surface area contributed by atoms with E-state index in [1.165, 1.54) is 31.7 Å². The molecule has 1 fully saturated rings. The molecule has 1 unspecified atom stereocenters. The molecule has 1 aliphatic carbocycles. The lowest BCUT2D eigenvalue weighted by Gasteiger charge is -2.27. The van der Waals surface area contributed by atoms with E-state index in [-0.39, 0.29) is 28.4 Å². The van der Waals surface area contributed by atoms with E-state index in [0.717, 1.165) is 59.5 Å². The average molecular weight is 557 g/mol. The Morgan fingerprint density at radius 2 is 1.95 bits per heavy atom. The van der Waals surface area contributed by atoms with Gasteiger partial charge >= 0.3 is 4.87 Å². The van der Waals surface area contributed by atoms with Crippen LogP contribution < -0.4 is 15.5 Å². The molecule has 3 aromatic rings. The lowest BCUT2D eigenvalue weighted by Crippen LogP contribution is -2.43. The van der Waals surface area contributed by atoms with Gasteiger partial charge < -0.3 is 25.6 Å². The number of halogens is 1. The molecule has 7 nitrogen and oxygen atoms in total. The van der Waals surface area contributed by atoms with Crippen LogP contribution in [0.25, 0.3) is 10.2 Å². The highest BCUT2D eigenvalue weighted by Crippen LogP contribution is 2.27. The fourth-order valence-corrected chi connectivity index (χ4v) is 6.33. The third kappa shape index (κ3) is 9.15. The summed E-state index contributed by atoms with van der Waals surface area (Å²) < 4.78 is 14.5. The molecule has 1 heterocycles. The van der Waals surface area contributed by atoms with E-state index in [0.29, 0.717) is 37.5 Å². The SMILES string of the molecule is CC(CN(CCC(=O)NC1CCCCCC1)CCc1cccc(F)c1)NCCc1ccc(O)c2[nH]c(=O)sc12. The zero-order valence-corrected chi connectivity index (χ0v) is 23.6. The normalized spacial score (nSPS) is 15.5. The number of aromatic amines is 1. The standard InChI is InChI=1S/C30H41FN4O3S/c1-21(32-16-13-23-11-12-26(36)28-29(23)39-30(38)34-28)20-35(17-14-22-7-6-8-24(31)19-22)18-15-27(37)33-25-9-4-2-3-5-10-25/h6-8,11-12,19,21,25,32,36H,2-5,9-10,13-18,20H2,1H3,(H,33,37)(H,34,38). The molecule has 9 heteroatoms. The molecule has 4 N–H and O–H groups in total. The number of thiazole rings is 1. The van der Waals surface area contributed by atoms with E-state index in [2.05, 4.69) is 27.4 Å². The van der Waals surface area contributed by atoms with Gasteiger partial charge in [0.15, 0.2) is 0 Å². The Bertz CT molecular complexity index is 1270. The molecule has 212 valence electrons. The van der Waals surface area contributed by atoms with Gasteiger partial charge in [0.2, 0.25) is 5.91 Å². The first-order valence-corrected chi connectivity index (χ1v) is 15.0. The molecule has 1 aliphatic rings. The summed E-state index contributed by atoms with van der Waals surface area (Å²) in [4.78, 5) is 29.4. The largest absolute Gasteiger partial charge is 0.506 e. The number of aromatic nitrogens is 1. The van der Waals surface area contributed by atoms with Gasteiger partial charge in [-0.15, -0.1) is 0 Å². The lowest BCUT2D eigenvalue weighted by molar-refractivity contribution is -0.122. The molecule has 39 heavy (non-hydrogen) atoms. The van der Waals surface area contributed by atoms with Gasteiger partial charge in [-0.05, 0) is 68.5 Å². The lowest BCUT2D eigenvalue weighted by atomic mass is 10.1. The van der Waals surface area contributed by atoms with Crippen LogP contribution >= 0.6 is 11.3 Å². The van der Waals surface area contributed by atoms with Crippen molar-refractivity contribution >= 4 is 27.5 Å². The molecule has 1 saturated carbocycles. The minimum Gasteiger partial charge on any atom is -0.506 e. The fraction of sp³-hybridized carbons (Fsp3) is 0.533. The maximum absolute atomic E-state index is 13.7.